The van der Waals surface area contributed by atoms with Gasteiger partial charge in [0.25, 0.3) is 5.91 Å². The molecule has 0 atom stereocenters. The number of rotatable bonds is 6. The molecule has 1 saturated carbocycles. The first-order chi connectivity index (χ1) is 17.9. The van der Waals surface area contributed by atoms with Gasteiger partial charge < -0.3 is 10.6 Å². The van der Waals surface area contributed by atoms with Crippen molar-refractivity contribution in [1.29, 1.82) is 0 Å². The van der Waals surface area contributed by atoms with E-state index in [1.807, 2.05) is 20.0 Å². The quantitative estimate of drug-likeness (QED) is 0.339. The van der Waals surface area contributed by atoms with E-state index in [-0.39, 0.29) is 5.91 Å². The maximum Gasteiger partial charge on any atom is 0.255 e. The van der Waals surface area contributed by atoms with E-state index in [0.717, 1.165) is 10.9 Å². The van der Waals surface area contributed by atoms with Gasteiger partial charge >= 0.3 is 0 Å². The van der Waals surface area contributed by atoms with Crippen LogP contribution in [0.3, 0.4) is 0 Å². The van der Waals surface area contributed by atoms with Crippen LogP contribution in [-0.4, -0.2) is 35.6 Å². The van der Waals surface area contributed by atoms with Crippen molar-refractivity contribution in [3.63, 3.8) is 0 Å². The van der Waals surface area contributed by atoms with Crippen molar-refractivity contribution in [3.05, 3.63) is 84.1 Å². The fourth-order valence-electron chi connectivity index (χ4n) is 4.16. The number of nitrogens with one attached hydrogen (secondary N) is 2. The normalized spacial score (nSPS) is 13.9. The summed E-state index contributed by atoms with van der Waals surface area (Å²) in [4.78, 5) is 30.6. The van der Waals surface area contributed by atoms with E-state index < -0.39 is 5.67 Å². The molecule has 2 N–H and O–H groups in total. The maximum absolute atomic E-state index is 14.5. The Bertz CT molecular complexity index is 1650. The summed E-state index contributed by atoms with van der Waals surface area (Å²) in [5, 5.41) is 11.3. The van der Waals surface area contributed by atoms with Crippen LogP contribution in [-0.2, 0) is 12.7 Å². The first-order valence-electron chi connectivity index (χ1n) is 11.8. The van der Waals surface area contributed by atoms with Crippen molar-refractivity contribution in [1.82, 2.24) is 29.7 Å². The highest BCUT2D eigenvalue weighted by Crippen LogP contribution is 2.49. The Kier molecular flexibility index (Phi) is 5.36. The van der Waals surface area contributed by atoms with Gasteiger partial charge in [0.2, 0.25) is 0 Å². The summed E-state index contributed by atoms with van der Waals surface area (Å²) in [6.07, 6.45) is 7.47. The van der Waals surface area contributed by atoms with Crippen LogP contribution in [0.15, 0.2) is 67.4 Å². The molecule has 6 rings (SSSR count). The molecule has 0 saturated heterocycles. The first-order valence-corrected chi connectivity index (χ1v) is 11.8. The topological polar surface area (TPSA) is 111 Å². The van der Waals surface area contributed by atoms with Crippen LogP contribution in [0.4, 0.5) is 21.6 Å². The predicted octanol–water partition coefficient (Wildman–Crippen LogP) is 5.08. The van der Waals surface area contributed by atoms with Crippen LogP contribution in [0.25, 0.3) is 22.4 Å². The molecule has 0 spiro atoms. The third-order valence-corrected chi connectivity index (χ3v) is 6.49. The van der Waals surface area contributed by atoms with E-state index in [1.54, 1.807) is 59.7 Å². The number of amides is 1. The van der Waals surface area contributed by atoms with Gasteiger partial charge in [0.05, 0.1) is 17.1 Å². The highest BCUT2D eigenvalue weighted by Gasteiger charge is 2.44. The lowest BCUT2D eigenvalue weighted by Gasteiger charge is -2.13. The summed E-state index contributed by atoms with van der Waals surface area (Å²) in [6, 6.07) is 12.4. The van der Waals surface area contributed by atoms with E-state index >= 15 is 0 Å². The Morgan fingerprint density at radius 2 is 1.86 bits per heavy atom. The zero-order valence-corrected chi connectivity index (χ0v) is 20.2. The van der Waals surface area contributed by atoms with Gasteiger partial charge in [-0.05, 0) is 55.2 Å². The third-order valence-electron chi connectivity index (χ3n) is 6.49. The second-order valence-corrected chi connectivity index (χ2v) is 9.18. The number of carbonyl (C=O) groups is 1. The number of halogens is 1. The smallest absolute Gasteiger partial charge is 0.255 e. The number of fused-ring (bicyclic) bond motifs is 1. The highest BCUT2D eigenvalue weighted by molar-refractivity contribution is 6.05. The van der Waals surface area contributed by atoms with Gasteiger partial charge in [-0.1, -0.05) is 18.2 Å². The number of nitrogens with zero attached hydrogens (tertiary/aromatic N) is 6. The lowest BCUT2D eigenvalue weighted by atomic mass is 10.1. The Hall–Kier alpha value is -4.73. The summed E-state index contributed by atoms with van der Waals surface area (Å²) in [5.74, 6) is 0.704. The molecular formula is C27H23FN8O. The number of alkyl halides is 1. The molecule has 2 aromatic carbocycles. The molecule has 37 heavy (non-hydrogen) atoms. The van der Waals surface area contributed by atoms with E-state index in [2.05, 4.69) is 30.7 Å². The van der Waals surface area contributed by atoms with Crippen LogP contribution in [0.2, 0.25) is 0 Å². The van der Waals surface area contributed by atoms with Crippen LogP contribution in [0.5, 0.6) is 0 Å². The highest BCUT2D eigenvalue weighted by atomic mass is 19.1. The van der Waals surface area contributed by atoms with Crippen LogP contribution in [0, 0.1) is 6.92 Å². The first kappa shape index (κ1) is 22.7. The number of hydrogen-bond donors (Lipinski definition) is 2. The minimum absolute atomic E-state index is 0.291. The molecule has 10 heteroatoms. The number of aromatic nitrogens is 6. The van der Waals surface area contributed by atoms with Crippen molar-refractivity contribution < 1.29 is 9.18 Å². The molecule has 5 aromatic rings. The molecule has 9 nitrogen and oxygen atoms in total. The Morgan fingerprint density at radius 3 is 2.65 bits per heavy atom. The molecule has 0 radical (unpaired) electrons. The largest absolute Gasteiger partial charge is 0.339 e. The van der Waals surface area contributed by atoms with Crippen molar-refractivity contribution in [2.24, 2.45) is 7.05 Å². The second kappa shape index (κ2) is 8.74. The third kappa shape index (κ3) is 4.37. The molecule has 1 aliphatic rings. The molecule has 3 aromatic heterocycles. The van der Waals surface area contributed by atoms with Crippen molar-refractivity contribution in [2.45, 2.75) is 25.4 Å². The van der Waals surface area contributed by atoms with E-state index in [4.69, 9.17) is 4.98 Å². The predicted molar refractivity (Wildman–Crippen MR) is 138 cm³/mol. The molecule has 1 amide bonds. The Labute approximate surface area is 211 Å². The maximum atomic E-state index is 14.5. The molecule has 1 fully saturated rings. The number of aryl methyl sites for hydroxylation is 2. The lowest BCUT2D eigenvalue weighted by Crippen LogP contribution is -2.13. The number of benzene rings is 2. The van der Waals surface area contributed by atoms with E-state index in [9.17, 15) is 9.18 Å². The SMILES string of the molecule is Cc1ccc(C(=O)Nc2cccc(C3(F)CC3)c2)cc1Nc1nc(-c2cncnc2)nc2c1cnn2C. The minimum atomic E-state index is -1.26. The molecule has 0 bridgehead atoms. The fourth-order valence-corrected chi connectivity index (χ4v) is 4.16. The summed E-state index contributed by atoms with van der Waals surface area (Å²) >= 11 is 0. The van der Waals surface area contributed by atoms with Gasteiger partial charge in [0.1, 0.15) is 17.8 Å². The van der Waals surface area contributed by atoms with Gasteiger partial charge in [-0.3, -0.25) is 9.48 Å². The minimum Gasteiger partial charge on any atom is -0.339 e. The monoisotopic (exact) mass is 494 g/mol. The van der Waals surface area contributed by atoms with Crippen molar-refractivity contribution in [2.75, 3.05) is 10.6 Å². The van der Waals surface area contributed by atoms with Gasteiger partial charge in [-0.15, -0.1) is 0 Å². The average molecular weight is 495 g/mol. The summed E-state index contributed by atoms with van der Waals surface area (Å²) in [5.41, 5.74) is 3.29. The second-order valence-electron chi connectivity index (χ2n) is 9.18. The van der Waals surface area contributed by atoms with Crippen molar-refractivity contribution in [3.8, 4) is 11.4 Å². The van der Waals surface area contributed by atoms with Crippen molar-refractivity contribution >= 4 is 34.1 Å². The Balaban J connectivity index is 1.31. The lowest BCUT2D eigenvalue weighted by molar-refractivity contribution is 0.102. The zero-order chi connectivity index (χ0) is 25.6. The van der Waals surface area contributed by atoms with Crippen LogP contribution < -0.4 is 10.6 Å². The van der Waals surface area contributed by atoms with Gasteiger partial charge in [0.15, 0.2) is 11.5 Å². The van der Waals surface area contributed by atoms with E-state index in [0.29, 0.717) is 58.2 Å². The number of carbonyl (C=O) groups excluding carboxylic acids is 1. The zero-order valence-electron chi connectivity index (χ0n) is 20.2. The molecule has 3 heterocycles. The summed E-state index contributed by atoms with van der Waals surface area (Å²) in [6.45, 7) is 1.94. The van der Waals surface area contributed by atoms with E-state index in [1.165, 1.54) is 6.33 Å². The van der Waals surface area contributed by atoms with Crippen LogP contribution in [0.1, 0.15) is 34.3 Å². The molecule has 184 valence electrons. The number of anilines is 3. The number of hydrogen-bond acceptors (Lipinski definition) is 7. The fraction of sp³-hybridized carbons (Fsp3) is 0.185. The Morgan fingerprint density at radius 1 is 1.05 bits per heavy atom. The van der Waals surface area contributed by atoms with Crippen LogP contribution >= 0.6 is 0 Å². The molecule has 0 aliphatic heterocycles. The molecular weight excluding hydrogens is 471 g/mol. The van der Waals surface area contributed by atoms with Gasteiger partial charge in [-0.2, -0.15) is 5.10 Å². The standard InChI is InChI=1S/C27H23FN8O/c1-16-6-7-17(26(37)32-20-5-3-4-19(11-20)27(28)8-9-27)10-22(16)33-24-21-14-31-36(2)25(21)35-23(34-24)18-12-29-15-30-13-18/h3-7,10-15H,8-9H2,1-2H3,(H,32,37)(H,33,34,35). The molecule has 0 unspecified atom stereocenters. The average Bonchev–Trinajstić information content (AvgIpc) is 3.56. The summed E-state index contributed by atoms with van der Waals surface area (Å²) < 4.78 is 16.2. The van der Waals surface area contributed by atoms with Gasteiger partial charge in [-0.25, -0.2) is 24.3 Å². The molecule has 1 aliphatic carbocycles. The van der Waals surface area contributed by atoms with Gasteiger partial charge in [0, 0.05) is 36.4 Å². The summed E-state index contributed by atoms with van der Waals surface area (Å²) in [7, 11) is 1.81.